The van der Waals surface area contributed by atoms with E-state index in [0.717, 1.165) is 12.8 Å². The Kier molecular flexibility index (Phi) is 5.60. The fourth-order valence-corrected chi connectivity index (χ4v) is 2.66. The number of hydrogen-bond acceptors (Lipinski definition) is 6. The molecule has 0 N–H and O–H groups in total. The SMILES string of the molecule is Cc1noc(CO[C@@H]2CCCN(C(=O)COc3ccc(F)cc3)C2)n1. The molecule has 1 aromatic heterocycles. The largest absolute Gasteiger partial charge is 0.484 e. The summed E-state index contributed by atoms with van der Waals surface area (Å²) in [4.78, 5) is 18.1. The molecule has 7 nitrogen and oxygen atoms in total. The van der Waals surface area contributed by atoms with Crippen LogP contribution in [0.5, 0.6) is 5.75 Å². The van der Waals surface area contributed by atoms with E-state index in [1.54, 1.807) is 11.8 Å². The van der Waals surface area contributed by atoms with Crippen molar-refractivity contribution in [1.82, 2.24) is 15.0 Å². The molecule has 0 radical (unpaired) electrons. The van der Waals surface area contributed by atoms with Gasteiger partial charge in [0.05, 0.1) is 6.10 Å². The minimum atomic E-state index is -0.342. The van der Waals surface area contributed by atoms with Crippen molar-refractivity contribution >= 4 is 5.91 Å². The smallest absolute Gasteiger partial charge is 0.260 e. The van der Waals surface area contributed by atoms with E-state index in [1.165, 1.54) is 24.3 Å². The Hall–Kier alpha value is -2.48. The summed E-state index contributed by atoms with van der Waals surface area (Å²) in [5, 5.41) is 3.71. The maximum atomic E-state index is 12.9. The highest BCUT2D eigenvalue weighted by molar-refractivity contribution is 5.77. The highest BCUT2D eigenvalue weighted by Crippen LogP contribution is 2.16. The first kappa shape index (κ1) is 17.3. The maximum Gasteiger partial charge on any atom is 0.260 e. The first-order chi connectivity index (χ1) is 12.1. The van der Waals surface area contributed by atoms with Gasteiger partial charge in [0.1, 0.15) is 18.2 Å². The van der Waals surface area contributed by atoms with Gasteiger partial charge in [-0.15, -0.1) is 0 Å². The molecule has 1 atom stereocenters. The van der Waals surface area contributed by atoms with E-state index in [4.69, 9.17) is 14.0 Å². The van der Waals surface area contributed by atoms with Crippen LogP contribution in [0, 0.1) is 12.7 Å². The third-order valence-corrected chi connectivity index (χ3v) is 3.92. The molecule has 1 aliphatic heterocycles. The van der Waals surface area contributed by atoms with Crippen molar-refractivity contribution in [2.75, 3.05) is 19.7 Å². The normalized spacial score (nSPS) is 17.5. The number of hydrogen-bond donors (Lipinski definition) is 0. The first-order valence-corrected chi connectivity index (χ1v) is 8.17. The summed E-state index contributed by atoms with van der Waals surface area (Å²) in [6, 6.07) is 5.59. The van der Waals surface area contributed by atoms with Crippen LogP contribution in [0.15, 0.2) is 28.8 Å². The molecule has 3 rings (SSSR count). The number of aromatic nitrogens is 2. The minimum absolute atomic E-state index is 0.0734. The monoisotopic (exact) mass is 349 g/mol. The maximum absolute atomic E-state index is 12.9. The van der Waals surface area contributed by atoms with E-state index in [0.29, 0.717) is 30.6 Å². The first-order valence-electron chi connectivity index (χ1n) is 8.17. The van der Waals surface area contributed by atoms with Crippen LogP contribution in [0.4, 0.5) is 4.39 Å². The van der Waals surface area contributed by atoms with Crippen molar-refractivity contribution in [2.45, 2.75) is 32.5 Å². The van der Waals surface area contributed by atoms with Crippen LogP contribution in [0.1, 0.15) is 24.6 Å². The Labute approximate surface area is 144 Å². The molecule has 0 saturated carbocycles. The number of aryl methyl sites for hydroxylation is 1. The zero-order valence-electron chi connectivity index (χ0n) is 14.0. The van der Waals surface area contributed by atoms with E-state index in [-0.39, 0.29) is 31.0 Å². The molecule has 2 heterocycles. The van der Waals surface area contributed by atoms with Gasteiger partial charge in [0.15, 0.2) is 12.4 Å². The lowest BCUT2D eigenvalue weighted by atomic mass is 10.1. The van der Waals surface area contributed by atoms with E-state index >= 15 is 0 Å². The van der Waals surface area contributed by atoms with Gasteiger partial charge in [-0.25, -0.2) is 4.39 Å². The lowest BCUT2D eigenvalue weighted by Gasteiger charge is -2.32. The number of carbonyl (C=O) groups excluding carboxylic acids is 1. The number of benzene rings is 1. The van der Waals surface area contributed by atoms with Gasteiger partial charge >= 0.3 is 0 Å². The van der Waals surface area contributed by atoms with E-state index in [1.807, 2.05) is 0 Å². The predicted octanol–water partition coefficient (Wildman–Crippen LogP) is 2.10. The standard InChI is InChI=1S/C17H20FN3O4/c1-12-19-16(25-20-12)10-23-15-3-2-8-21(9-15)17(22)11-24-14-6-4-13(18)5-7-14/h4-7,15H,2-3,8-11H2,1H3/t15-/m1/s1. The fraction of sp³-hybridized carbons (Fsp3) is 0.471. The second kappa shape index (κ2) is 8.06. The van der Waals surface area contributed by atoms with Crippen LogP contribution in [0.2, 0.25) is 0 Å². The summed E-state index contributed by atoms with van der Waals surface area (Å²) < 4.78 is 29.0. The number of nitrogens with zero attached hydrogens (tertiary/aromatic N) is 3. The van der Waals surface area contributed by atoms with Crippen LogP contribution in [0.25, 0.3) is 0 Å². The van der Waals surface area contributed by atoms with Gasteiger partial charge in [-0.1, -0.05) is 5.16 Å². The lowest BCUT2D eigenvalue weighted by Crippen LogP contribution is -2.45. The molecule has 1 aromatic carbocycles. The summed E-state index contributed by atoms with van der Waals surface area (Å²) in [5.74, 6) is 1.00. The molecule has 8 heteroatoms. The number of halogens is 1. The van der Waals surface area contributed by atoms with E-state index in [2.05, 4.69) is 10.1 Å². The summed E-state index contributed by atoms with van der Waals surface area (Å²) in [6.07, 6.45) is 1.65. The van der Waals surface area contributed by atoms with Crippen LogP contribution < -0.4 is 4.74 Å². The summed E-state index contributed by atoms with van der Waals surface area (Å²) in [5.41, 5.74) is 0. The number of rotatable bonds is 6. The molecule has 1 saturated heterocycles. The Morgan fingerprint density at radius 1 is 1.40 bits per heavy atom. The van der Waals surface area contributed by atoms with Crippen molar-refractivity contribution in [3.8, 4) is 5.75 Å². The molecule has 0 aliphatic carbocycles. The van der Waals surface area contributed by atoms with E-state index < -0.39 is 0 Å². The molecule has 0 spiro atoms. The zero-order chi connectivity index (χ0) is 17.6. The Morgan fingerprint density at radius 2 is 2.20 bits per heavy atom. The van der Waals surface area contributed by atoms with Crippen molar-refractivity contribution in [1.29, 1.82) is 0 Å². The van der Waals surface area contributed by atoms with Crippen molar-refractivity contribution in [2.24, 2.45) is 0 Å². The highest BCUT2D eigenvalue weighted by Gasteiger charge is 2.25. The van der Waals surface area contributed by atoms with E-state index in [9.17, 15) is 9.18 Å². The zero-order valence-corrected chi connectivity index (χ0v) is 14.0. The second-order valence-corrected chi connectivity index (χ2v) is 5.89. The Bertz CT molecular complexity index is 704. The van der Waals surface area contributed by atoms with Crippen LogP contribution in [-0.4, -0.2) is 46.7 Å². The molecule has 1 fully saturated rings. The fourth-order valence-electron chi connectivity index (χ4n) is 2.66. The number of ether oxygens (including phenoxy) is 2. The highest BCUT2D eigenvalue weighted by atomic mass is 19.1. The molecule has 1 aliphatic rings. The Morgan fingerprint density at radius 3 is 2.92 bits per heavy atom. The van der Waals surface area contributed by atoms with Crippen LogP contribution in [-0.2, 0) is 16.1 Å². The molecule has 134 valence electrons. The van der Waals surface area contributed by atoms with Crippen LogP contribution >= 0.6 is 0 Å². The quantitative estimate of drug-likeness (QED) is 0.795. The van der Waals surface area contributed by atoms with Gasteiger partial charge in [0, 0.05) is 13.1 Å². The lowest BCUT2D eigenvalue weighted by molar-refractivity contribution is -0.138. The summed E-state index contributed by atoms with van der Waals surface area (Å²) in [7, 11) is 0. The molecular formula is C17H20FN3O4. The van der Waals surface area contributed by atoms with Gasteiger partial charge in [-0.2, -0.15) is 4.98 Å². The van der Waals surface area contributed by atoms with Crippen molar-refractivity contribution in [3.05, 3.63) is 41.8 Å². The molecule has 0 unspecified atom stereocenters. The molecule has 1 amide bonds. The topological polar surface area (TPSA) is 77.7 Å². The second-order valence-electron chi connectivity index (χ2n) is 5.89. The third-order valence-electron chi connectivity index (χ3n) is 3.92. The van der Waals surface area contributed by atoms with Gasteiger partial charge < -0.3 is 18.9 Å². The summed E-state index contributed by atoms with van der Waals surface area (Å²) in [6.45, 7) is 3.07. The number of likely N-dealkylation sites (tertiary alicyclic amines) is 1. The minimum Gasteiger partial charge on any atom is -0.484 e. The van der Waals surface area contributed by atoms with Crippen molar-refractivity contribution in [3.63, 3.8) is 0 Å². The molecule has 2 aromatic rings. The van der Waals surface area contributed by atoms with Gasteiger partial charge in [-0.05, 0) is 44.0 Å². The number of carbonyl (C=O) groups is 1. The van der Waals surface area contributed by atoms with Gasteiger partial charge in [0.2, 0.25) is 0 Å². The summed E-state index contributed by atoms with van der Waals surface area (Å²) >= 11 is 0. The predicted molar refractivity (Wildman–Crippen MR) is 85.3 cm³/mol. The average molecular weight is 349 g/mol. The third kappa shape index (κ3) is 4.99. The molecule has 0 bridgehead atoms. The van der Waals surface area contributed by atoms with Crippen molar-refractivity contribution < 1.29 is 23.2 Å². The number of piperidine rings is 1. The van der Waals surface area contributed by atoms with Gasteiger partial charge in [0.25, 0.3) is 11.8 Å². The van der Waals surface area contributed by atoms with Gasteiger partial charge in [-0.3, -0.25) is 4.79 Å². The Balaban J connectivity index is 1.45. The van der Waals surface area contributed by atoms with Crippen LogP contribution in [0.3, 0.4) is 0 Å². The molecular weight excluding hydrogens is 329 g/mol. The average Bonchev–Trinajstić information content (AvgIpc) is 3.05. The number of amides is 1. The molecule has 25 heavy (non-hydrogen) atoms.